The predicted molar refractivity (Wildman–Crippen MR) is 104 cm³/mol. The SMILES string of the molecule is Fc1ccccc1-c1nnc(SCc2cccc(Cl)c2)n1Cc1ccco1. The summed E-state index contributed by atoms with van der Waals surface area (Å²) in [4.78, 5) is 0. The standard InChI is InChI=1S/C20H15ClFN3OS/c21-15-6-3-5-14(11-15)13-27-20-24-23-19(17-8-1-2-9-18(17)22)25(20)12-16-7-4-10-26-16/h1-11H,12-13H2. The van der Waals surface area contributed by atoms with Crippen LogP contribution < -0.4 is 0 Å². The molecule has 4 rings (SSSR count). The van der Waals surface area contributed by atoms with Crippen molar-refractivity contribution in [2.45, 2.75) is 17.5 Å². The molecule has 0 unspecified atom stereocenters. The zero-order valence-corrected chi connectivity index (χ0v) is 15.8. The van der Waals surface area contributed by atoms with E-state index in [-0.39, 0.29) is 5.82 Å². The first-order valence-electron chi connectivity index (χ1n) is 8.28. The Labute approximate surface area is 165 Å². The van der Waals surface area contributed by atoms with E-state index in [4.69, 9.17) is 16.0 Å². The Kier molecular flexibility index (Phi) is 5.27. The third kappa shape index (κ3) is 4.07. The molecule has 27 heavy (non-hydrogen) atoms. The van der Waals surface area contributed by atoms with Crippen LogP contribution in [-0.4, -0.2) is 14.8 Å². The Balaban J connectivity index is 1.67. The van der Waals surface area contributed by atoms with Crippen LogP contribution >= 0.6 is 23.4 Å². The number of benzene rings is 2. The van der Waals surface area contributed by atoms with Crippen molar-refractivity contribution >= 4 is 23.4 Å². The minimum absolute atomic E-state index is 0.336. The number of rotatable bonds is 6. The van der Waals surface area contributed by atoms with Crippen LogP contribution in [0.5, 0.6) is 0 Å². The first kappa shape index (κ1) is 17.8. The summed E-state index contributed by atoms with van der Waals surface area (Å²) < 4.78 is 21.6. The quantitative estimate of drug-likeness (QED) is 0.392. The number of aromatic nitrogens is 3. The van der Waals surface area contributed by atoms with Gasteiger partial charge >= 0.3 is 0 Å². The number of hydrogen-bond acceptors (Lipinski definition) is 4. The van der Waals surface area contributed by atoms with E-state index in [0.29, 0.717) is 33.9 Å². The maximum Gasteiger partial charge on any atom is 0.192 e. The number of hydrogen-bond donors (Lipinski definition) is 0. The van der Waals surface area contributed by atoms with E-state index in [2.05, 4.69) is 10.2 Å². The maximum atomic E-state index is 14.3. The molecule has 0 amide bonds. The van der Waals surface area contributed by atoms with Crippen molar-refractivity contribution < 1.29 is 8.81 Å². The summed E-state index contributed by atoms with van der Waals surface area (Å²) in [6, 6.07) is 17.9. The van der Waals surface area contributed by atoms with Crippen LogP contribution in [0.4, 0.5) is 4.39 Å². The largest absolute Gasteiger partial charge is 0.467 e. The highest BCUT2D eigenvalue weighted by Crippen LogP contribution is 2.29. The van der Waals surface area contributed by atoms with Crippen molar-refractivity contribution in [2.75, 3.05) is 0 Å². The molecule has 0 aliphatic heterocycles. The van der Waals surface area contributed by atoms with E-state index in [1.54, 1.807) is 24.5 Å². The minimum atomic E-state index is -0.336. The molecule has 0 aliphatic carbocycles. The van der Waals surface area contributed by atoms with E-state index in [1.165, 1.54) is 17.8 Å². The van der Waals surface area contributed by atoms with Crippen molar-refractivity contribution in [3.05, 3.63) is 89.1 Å². The second-order valence-electron chi connectivity index (χ2n) is 5.87. The molecule has 4 nitrogen and oxygen atoms in total. The van der Waals surface area contributed by atoms with E-state index >= 15 is 0 Å². The molecule has 4 aromatic rings. The van der Waals surface area contributed by atoms with Crippen LogP contribution in [-0.2, 0) is 12.3 Å². The lowest BCUT2D eigenvalue weighted by atomic mass is 10.2. The Morgan fingerprint density at radius 3 is 2.70 bits per heavy atom. The minimum Gasteiger partial charge on any atom is -0.467 e. The first-order chi connectivity index (χ1) is 13.2. The molecule has 0 fully saturated rings. The second-order valence-corrected chi connectivity index (χ2v) is 7.25. The lowest BCUT2D eigenvalue weighted by Gasteiger charge is -2.09. The first-order valence-corrected chi connectivity index (χ1v) is 9.65. The molecule has 2 heterocycles. The van der Waals surface area contributed by atoms with Gasteiger partial charge in [-0.3, -0.25) is 4.57 Å². The number of furan rings is 1. The molecule has 0 atom stereocenters. The molecular weight excluding hydrogens is 385 g/mol. The highest BCUT2D eigenvalue weighted by atomic mass is 35.5. The summed E-state index contributed by atoms with van der Waals surface area (Å²) in [5.74, 6) is 1.56. The van der Waals surface area contributed by atoms with Crippen molar-refractivity contribution in [3.63, 3.8) is 0 Å². The third-order valence-electron chi connectivity index (χ3n) is 3.98. The van der Waals surface area contributed by atoms with E-state index in [0.717, 1.165) is 11.3 Å². The topological polar surface area (TPSA) is 43.9 Å². The number of halogens is 2. The molecule has 0 aliphatic rings. The number of nitrogens with zero attached hydrogens (tertiary/aromatic N) is 3. The van der Waals surface area contributed by atoms with Crippen LogP contribution in [0.2, 0.25) is 5.02 Å². The highest BCUT2D eigenvalue weighted by Gasteiger charge is 2.18. The average Bonchev–Trinajstić information content (AvgIpc) is 3.31. The molecule has 2 aromatic carbocycles. The van der Waals surface area contributed by atoms with Crippen LogP contribution in [0.1, 0.15) is 11.3 Å². The maximum absolute atomic E-state index is 14.3. The molecule has 136 valence electrons. The van der Waals surface area contributed by atoms with Gasteiger partial charge in [0.1, 0.15) is 11.6 Å². The lowest BCUT2D eigenvalue weighted by molar-refractivity contribution is 0.485. The highest BCUT2D eigenvalue weighted by molar-refractivity contribution is 7.98. The Hall–Kier alpha value is -2.57. The number of thioether (sulfide) groups is 1. The van der Waals surface area contributed by atoms with E-state index in [9.17, 15) is 4.39 Å². The Morgan fingerprint density at radius 2 is 1.93 bits per heavy atom. The van der Waals surface area contributed by atoms with Gasteiger partial charge in [0, 0.05) is 10.8 Å². The monoisotopic (exact) mass is 399 g/mol. The van der Waals surface area contributed by atoms with Gasteiger partial charge in [-0.1, -0.05) is 47.6 Å². The molecule has 0 N–H and O–H groups in total. The fourth-order valence-corrected chi connectivity index (χ4v) is 3.81. The summed E-state index contributed by atoms with van der Waals surface area (Å²) >= 11 is 7.58. The average molecular weight is 400 g/mol. The fourth-order valence-electron chi connectivity index (χ4n) is 2.71. The van der Waals surface area contributed by atoms with Gasteiger partial charge < -0.3 is 4.42 Å². The smallest absolute Gasteiger partial charge is 0.192 e. The van der Waals surface area contributed by atoms with Gasteiger partial charge in [0.15, 0.2) is 11.0 Å². The summed E-state index contributed by atoms with van der Waals surface area (Å²) in [6.07, 6.45) is 1.61. The Bertz CT molecular complexity index is 1050. The fraction of sp³-hybridized carbons (Fsp3) is 0.100. The molecule has 0 bridgehead atoms. The van der Waals surface area contributed by atoms with Gasteiger partial charge in [-0.25, -0.2) is 4.39 Å². The van der Waals surface area contributed by atoms with E-state index in [1.807, 2.05) is 41.0 Å². The summed E-state index contributed by atoms with van der Waals surface area (Å²) in [5.41, 5.74) is 1.48. The normalized spacial score (nSPS) is 11.0. The zero-order valence-electron chi connectivity index (χ0n) is 14.2. The molecule has 7 heteroatoms. The molecule has 0 radical (unpaired) electrons. The molecule has 0 saturated heterocycles. The molecule has 0 spiro atoms. The van der Waals surface area contributed by atoms with Gasteiger partial charge in [-0.2, -0.15) is 0 Å². The summed E-state index contributed by atoms with van der Waals surface area (Å²) in [7, 11) is 0. The second kappa shape index (κ2) is 7.98. The van der Waals surface area contributed by atoms with E-state index < -0.39 is 0 Å². The van der Waals surface area contributed by atoms with Crippen molar-refractivity contribution in [2.24, 2.45) is 0 Å². The summed E-state index contributed by atoms with van der Waals surface area (Å²) in [5, 5.41) is 9.90. The van der Waals surface area contributed by atoms with Crippen molar-refractivity contribution in [1.29, 1.82) is 0 Å². The van der Waals surface area contributed by atoms with Gasteiger partial charge in [-0.15, -0.1) is 10.2 Å². The lowest BCUT2D eigenvalue weighted by Crippen LogP contribution is -2.04. The molecular formula is C20H15ClFN3OS. The van der Waals surface area contributed by atoms with Crippen molar-refractivity contribution in [1.82, 2.24) is 14.8 Å². The predicted octanol–water partition coefficient (Wildman–Crippen LogP) is 5.67. The van der Waals surface area contributed by atoms with Crippen LogP contribution in [0, 0.1) is 5.82 Å². The summed E-state index contributed by atoms with van der Waals surface area (Å²) in [6.45, 7) is 0.418. The molecule has 0 saturated carbocycles. The van der Waals surface area contributed by atoms with Crippen LogP contribution in [0.15, 0.2) is 76.5 Å². The van der Waals surface area contributed by atoms with Crippen LogP contribution in [0.25, 0.3) is 11.4 Å². The van der Waals surface area contributed by atoms with Gasteiger partial charge in [0.25, 0.3) is 0 Å². The molecule has 2 aromatic heterocycles. The van der Waals surface area contributed by atoms with Gasteiger partial charge in [0.2, 0.25) is 0 Å². The van der Waals surface area contributed by atoms with Crippen molar-refractivity contribution in [3.8, 4) is 11.4 Å². The zero-order chi connectivity index (χ0) is 18.6. The van der Waals surface area contributed by atoms with Crippen LogP contribution in [0.3, 0.4) is 0 Å². The Morgan fingerprint density at radius 1 is 1.04 bits per heavy atom. The third-order valence-corrected chi connectivity index (χ3v) is 5.26. The van der Waals surface area contributed by atoms with Gasteiger partial charge in [0.05, 0.1) is 18.4 Å². The van der Waals surface area contributed by atoms with Gasteiger partial charge in [-0.05, 0) is 42.0 Å².